The van der Waals surface area contributed by atoms with Crippen molar-refractivity contribution in [3.8, 4) is 5.75 Å². The van der Waals surface area contributed by atoms with Gasteiger partial charge in [-0.2, -0.15) is 0 Å². The van der Waals surface area contributed by atoms with Crippen LogP contribution in [-0.2, 0) is 0 Å². The largest absolute Gasteiger partial charge is 0.490 e. The third kappa shape index (κ3) is 3.78. The van der Waals surface area contributed by atoms with E-state index in [1.165, 1.54) is 18.4 Å². The zero-order chi connectivity index (χ0) is 14.7. The molecule has 0 spiro atoms. The highest BCUT2D eigenvalue weighted by molar-refractivity contribution is 5.31. The molecule has 2 heterocycles. The summed E-state index contributed by atoms with van der Waals surface area (Å²) in [6.45, 7) is 8.01. The van der Waals surface area contributed by atoms with Crippen molar-refractivity contribution in [1.82, 2.24) is 10.2 Å². The van der Waals surface area contributed by atoms with Gasteiger partial charge in [0.25, 0.3) is 0 Å². The van der Waals surface area contributed by atoms with Gasteiger partial charge in [-0.25, -0.2) is 0 Å². The molecule has 0 aromatic heterocycles. The van der Waals surface area contributed by atoms with Crippen molar-refractivity contribution in [3.63, 3.8) is 0 Å². The molecule has 3 rings (SSSR count). The molecule has 0 aliphatic carbocycles. The maximum atomic E-state index is 6.23. The smallest absolute Gasteiger partial charge is 0.120 e. The van der Waals surface area contributed by atoms with E-state index in [2.05, 4.69) is 48.3 Å². The first kappa shape index (κ1) is 14.9. The lowest BCUT2D eigenvalue weighted by Crippen LogP contribution is -2.41. The fourth-order valence-corrected chi connectivity index (χ4v) is 3.48. The minimum absolute atomic E-state index is 0.381. The second-order valence-corrected chi connectivity index (χ2v) is 6.67. The number of hydrogen-bond acceptors (Lipinski definition) is 3. The van der Waals surface area contributed by atoms with Crippen molar-refractivity contribution >= 4 is 0 Å². The summed E-state index contributed by atoms with van der Waals surface area (Å²) >= 11 is 0. The number of nitrogens with one attached hydrogen (secondary N) is 1. The Morgan fingerprint density at radius 3 is 2.67 bits per heavy atom. The quantitative estimate of drug-likeness (QED) is 0.919. The maximum absolute atomic E-state index is 6.23. The van der Waals surface area contributed by atoms with Crippen molar-refractivity contribution in [2.24, 2.45) is 0 Å². The summed E-state index contributed by atoms with van der Waals surface area (Å²) in [5.74, 6) is 1.05. The summed E-state index contributed by atoms with van der Waals surface area (Å²) in [6, 6.07) is 9.87. The summed E-state index contributed by atoms with van der Waals surface area (Å²) in [5.41, 5.74) is 1.38. The molecule has 2 fully saturated rings. The van der Waals surface area contributed by atoms with Crippen LogP contribution < -0.4 is 10.1 Å². The number of nitrogens with zero attached hydrogens (tertiary/aromatic N) is 1. The average Bonchev–Trinajstić information content (AvgIpc) is 3.02. The Kier molecular flexibility index (Phi) is 4.81. The molecule has 116 valence electrons. The first-order valence-electron chi connectivity index (χ1n) is 8.46. The van der Waals surface area contributed by atoms with Gasteiger partial charge in [0.1, 0.15) is 11.9 Å². The van der Waals surface area contributed by atoms with Crippen molar-refractivity contribution in [3.05, 3.63) is 29.8 Å². The van der Waals surface area contributed by atoms with Crippen molar-refractivity contribution in [2.75, 3.05) is 19.6 Å². The van der Waals surface area contributed by atoms with Gasteiger partial charge in [-0.1, -0.05) is 12.1 Å². The molecule has 3 heteroatoms. The topological polar surface area (TPSA) is 24.5 Å². The Morgan fingerprint density at radius 1 is 1.19 bits per heavy atom. The predicted octanol–water partition coefficient (Wildman–Crippen LogP) is 3.36. The van der Waals surface area contributed by atoms with Gasteiger partial charge in [0.05, 0.1) is 0 Å². The Bertz CT molecular complexity index is 446. The van der Waals surface area contributed by atoms with Crippen LogP contribution >= 0.6 is 0 Å². The fourth-order valence-electron chi connectivity index (χ4n) is 3.48. The van der Waals surface area contributed by atoms with Crippen LogP contribution in [0.1, 0.15) is 51.1 Å². The third-order valence-electron chi connectivity index (χ3n) is 4.83. The van der Waals surface area contributed by atoms with Gasteiger partial charge in [-0.3, -0.25) is 0 Å². The highest BCUT2D eigenvalue weighted by Crippen LogP contribution is 2.27. The van der Waals surface area contributed by atoms with Crippen LogP contribution in [0, 0.1) is 0 Å². The van der Waals surface area contributed by atoms with Crippen LogP contribution in [0.25, 0.3) is 0 Å². The SMILES string of the molecule is CC(C)N1CCC(Oc2cccc(C3CCCN3)c2)CC1. The van der Waals surface area contributed by atoms with Gasteiger partial charge >= 0.3 is 0 Å². The number of ether oxygens (including phenoxy) is 1. The van der Waals surface area contributed by atoms with E-state index in [0.29, 0.717) is 18.2 Å². The predicted molar refractivity (Wildman–Crippen MR) is 86.8 cm³/mol. The average molecular weight is 288 g/mol. The molecule has 0 radical (unpaired) electrons. The number of hydrogen-bond donors (Lipinski definition) is 1. The van der Waals surface area contributed by atoms with Crippen LogP contribution in [0.4, 0.5) is 0 Å². The van der Waals surface area contributed by atoms with Crippen molar-refractivity contribution < 1.29 is 4.74 Å². The van der Waals surface area contributed by atoms with Crippen LogP contribution in [0.15, 0.2) is 24.3 Å². The monoisotopic (exact) mass is 288 g/mol. The van der Waals surface area contributed by atoms with Gasteiger partial charge in [-0.15, -0.1) is 0 Å². The molecule has 1 atom stereocenters. The minimum Gasteiger partial charge on any atom is -0.490 e. The van der Waals surface area contributed by atoms with Crippen LogP contribution in [0.5, 0.6) is 5.75 Å². The van der Waals surface area contributed by atoms with Gasteiger partial charge in [-0.05, 0) is 63.8 Å². The normalized spacial score (nSPS) is 24.6. The van der Waals surface area contributed by atoms with E-state index in [0.717, 1.165) is 38.2 Å². The zero-order valence-electron chi connectivity index (χ0n) is 13.3. The third-order valence-corrected chi connectivity index (χ3v) is 4.83. The van der Waals surface area contributed by atoms with Gasteiger partial charge in [0.2, 0.25) is 0 Å². The molecular weight excluding hydrogens is 260 g/mol. The molecule has 2 aliphatic rings. The number of benzene rings is 1. The van der Waals surface area contributed by atoms with Gasteiger partial charge in [0.15, 0.2) is 0 Å². The van der Waals surface area contributed by atoms with Crippen LogP contribution in [0.2, 0.25) is 0 Å². The fraction of sp³-hybridized carbons (Fsp3) is 0.667. The van der Waals surface area contributed by atoms with Crippen molar-refractivity contribution in [2.45, 2.75) is 57.7 Å². The number of piperidine rings is 1. The lowest BCUT2D eigenvalue weighted by molar-refractivity contribution is 0.0842. The number of rotatable bonds is 4. The molecule has 21 heavy (non-hydrogen) atoms. The lowest BCUT2D eigenvalue weighted by atomic mass is 10.0. The van der Waals surface area contributed by atoms with E-state index in [1.54, 1.807) is 0 Å². The Hall–Kier alpha value is -1.06. The first-order valence-corrected chi connectivity index (χ1v) is 8.46. The highest BCUT2D eigenvalue weighted by Gasteiger charge is 2.22. The minimum atomic E-state index is 0.381. The molecule has 1 aromatic rings. The molecule has 1 aromatic carbocycles. The molecule has 1 N–H and O–H groups in total. The Morgan fingerprint density at radius 2 is 2.00 bits per heavy atom. The molecular formula is C18H28N2O. The summed E-state index contributed by atoms with van der Waals surface area (Å²) < 4.78 is 6.23. The first-order chi connectivity index (χ1) is 10.2. The van der Waals surface area contributed by atoms with Gasteiger partial charge < -0.3 is 15.0 Å². The summed E-state index contributed by atoms with van der Waals surface area (Å²) in [6.07, 6.45) is 5.19. The summed E-state index contributed by atoms with van der Waals surface area (Å²) in [4.78, 5) is 2.54. The molecule has 0 amide bonds. The van der Waals surface area contributed by atoms with E-state index < -0.39 is 0 Å². The van der Waals surface area contributed by atoms with Crippen molar-refractivity contribution in [1.29, 1.82) is 0 Å². The lowest BCUT2D eigenvalue weighted by Gasteiger charge is -2.34. The Labute approximate surface area is 128 Å². The molecule has 3 nitrogen and oxygen atoms in total. The van der Waals surface area contributed by atoms with Gasteiger partial charge in [0, 0.05) is 25.2 Å². The van der Waals surface area contributed by atoms with Crippen LogP contribution in [0.3, 0.4) is 0 Å². The van der Waals surface area contributed by atoms with E-state index >= 15 is 0 Å². The highest BCUT2D eigenvalue weighted by atomic mass is 16.5. The molecule has 1 unspecified atom stereocenters. The van der Waals surface area contributed by atoms with E-state index in [4.69, 9.17) is 4.74 Å². The summed E-state index contributed by atoms with van der Waals surface area (Å²) in [7, 11) is 0. The van der Waals surface area contributed by atoms with E-state index in [-0.39, 0.29) is 0 Å². The van der Waals surface area contributed by atoms with Crippen LogP contribution in [-0.4, -0.2) is 36.7 Å². The van der Waals surface area contributed by atoms with E-state index in [1.807, 2.05) is 0 Å². The standard InChI is InChI=1S/C18H28N2O/c1-14(2)20-11-8-16(9-12-20)21-17-6-3-5-15(13-17)18-7-4-10-19-18/h3,5-6,13-14,16,18-19H,4,7-12H2,1-2H3. The summed E-state index contributed by atoms with van der Waals surface area (Å²) in [5, 5.41) is 3.56. The second-order valence-electron chi connectivity index (χ2n) is 6.67. The maximum Gasteiger partial charge on any atom is 0.120 e. The number of likely N-dealkylation sites (tertiary alicyclic amines) is 1. The van der Waals surface area contributed by atoms with E-state index in [9.17, 15) is 0 Å². The zero-order valence-corrected chi connectivity index (χ0v) is 13.3. The molecule has 2 aliphatic heterocycles. The molecule has 0 saturated carbocycles. The molecule has 0 bridgehead atoms. The Balaban J connectivity index is 1.57. The molecule has 2 saturated heterocycles. The second kappa shape index (κ2) is 6.80.